The first-order chi connectivity index (χ1) is 8.83. The van der Waals surface area contributed by atoms with Crippen molar-refractivity contribution >= 4 is 5.69 Å². The van der Waals surface area contributed by atoms with Crippen LogP contribution < -0.4 is 15.8 Å². The van der Waals surface area contributed by atoms with E-state index in [2.05, 4.69) is 17.4 Å². The molecular formula is C15H14N2O. The molecular weight excluding hydrogens is 224 g/mol. The van der Waals surface area contributed by atoms with Gasteiger partial charge in [-0.25, -0.2) is 0 Å². The van der Waals surface area contributed by atoms with Gasteiger partial charge in [-0.1, -0.05) is 42.5 Å². The topological polar surface area (TPSA) is 47.3 Å². The summed E-state index contributed by atoms with van der Waals surface area (Å²) in [5.41, 5.74) is 8.07. The van der Waals surface area contributed by atoms with Gasteiger partial charge < -0.3 is 15.8 Å². The van der Waals surface area contributed by atoms with E-state index >= 15 is 0 Å². The molecule has 90 valence electrons. The van der Waals surface area contributed by atoms with E-state index in [-0.39, 0.29) is 0 Å². The van der Waals surface area contributed by atoms with Gasteiger partial charge in [0.2, 0.25) is 0 Å². The number of ether oxygens (including phenoxy) is 1. The third-order valence-electron chi connectivity index (χ3n) is 2.90. The van der Waals surface area contributed by atoms with Gasteiger partial charge in [-0.15, -0.1) is 0 Å². The molecule has 2 aromatic rings. The van der Waals surface area contributed by atoms with E-state index < -0.39 is 0 Å². The lowest BCUT2D eigenvalue weighted by Gasteiger charge is -2.22. The Morgan fingerprint density at radius 1 is 0.944 bits per heavy atom. The van der Waals surface area contributed by atoms with Crippen molar-refractivity contribution in [3.63, 3.8) is 0 Å². The van der Waals surface area contributed by atoms with Gasteiger partial charge in [-0.3, -0.25) is 0 Å². The summed E-state index contributed by atoms with van der Waals surface area (Å²) >= 11 is 0. The van der Waals surface area contributed by atoms with E-state index in [0.717, 1.165) is 17.2 Å². The Hall–Kier alpha value is -2.42. The van der Waals surface area contributed by atoms with Gasteiger partial charge >= 0.3 is 0 Å². The second-order valence-corrected chi connectivity index (χ2v) is 4.22. The molecule has 0 unspecified atom stereocenters. The van der Waals surface area contributed by atoms with Crippen molar-refractivity contribution in [2.24, 2.45) is 5.73 Å². The van der Waals surface area contributed by atoms with Crippen LogP contribution in [0.25, 0.3) is 0 Å². The van der Waals surface area contributed by atoms with E-state index in [1.807, 2.05) is 42.5 Å². The molecule has 0 spiro atoms. The molecule has 3 N–H and O–H groups in total. The molecule has 2 aromatic carbocycles. The molecule has 0 aromatic heterocycles. The highest BCUT2D eigenvalue weighted by molar-refractivity contribution is 5.62. The Kier molecular flexibility index (Phi) is 2.65. The van der Waals surface area contributed by atoms with Crippen LogP contribution in [0.2, 0.25) is 0 Å². The average molecular weight is 238 g/mol. The van der Waals surface area contributed by atoms with Gasteiger partial charge in [0.1, 0.15) is 11.6 Å². The molecule has 3 heteroatoms. The molecule has 0 aliphatic carbocycles. The first-order valence-electron chi connectivity index (χ1n) is 5.89. The van der Waals surface area contributed by atoms with Crippen LogP contribution in [0.4, 0.5) is 5.69 Å². The zero-order valence-corrected chi connectivity index (χ0v) is 9.89. The molecule has 1 heterocycles. The summed E-state index contributed by atoms with van der Waals surface area (Å²) in [4.78, 5) is 0. The van der Waals surface area contributed by atoms with Crippen LogP contribution in [0.5, 0.6) is 5.75 Å². The predicted octanol–water partition coefficient (Wildman–Crippen LogP) is 2.86. The van der Waals surface area contributed by atoms with Crippen LogP contribution >= 0.6 is 0 Å². The molecule has 0 fully saturated rings. The summed E-state index contributed by atoms with van der Waals surface area (Å²) in [6, 6.07) is 17.9. The summed E-state index contributed by atoms with van der Waals surface area (Å²) in [6.07, 6.45) is 0.688. The van der Waals surface area contributed by atoms with Gasteiger partial charge in [-0.05, 0) is 17.7 Å². The third-order valence-corrected chi connectivity index (χ3v) is 2.90. The van der Waals surface area contributed by atoms with E-state index in [9.17, 15) is 0 Å². The van der Waals surface area contributed by atoms with Gasteiger partial charge in [0, 0.05) is 6.42 Å². The molecule has 0 amide bonds. The zero-order chi connectivity index (χ0) is 12.4. The predicted molar refractivity (Wildman–Crippen MR) is 72.1 cm³/mol. The lowest BCUT2D eigenvalue weighted by atomic mass is 10.1. The number of fused-ring (bicyclic) bond motifs is 1. The number of hydrogen-bond donors (Lipinski definition) is 2. The van der Waals surface area contributed by atoms with Crippen LogP contribution in [0.1, 0.15) is 5.56 Å². The maximum atomic E-state index is 5.99. The van der Waals surface area contributed by atoms with Gasteiger partial charge in [-0.2, -0.15) is 0 Å². The maximum absolute atomic E-state index is 5.99. The minimum Gasteiger partial charge on any atom is -0.455 e. The molecule has 0 radical (unpaired) electrons. The molecule has 3 nitrogen and oxygen atoms in total. The maximum Gasteiger partial charge on any atom is 0.150 e. The fraction of sp³-hybridized carbons (Fsp3) is 0.0667. The molecule has 1 aliphatic rings. The average Bonchev–Trinajstić information content (AvgIpc) is 2.41. The minimum absolute atomic E-state index is 0.581. The zero-order valence-electron chi connectivity index (χ0n) is 9.89. The van der Waals surface area contributed by atoms with Crippen LogP contribution in [0.15, 0.2) is 66.2 Å². The van der Waals surface area contributed by atoms with Crippen LogP contribution in [0, 0.1) is 0 Å². The van der Waals surface area contributed by atoms with Gasteiger partial charge in [0.05, 0.1) is 5.69 Å². The molecule has 1 aliphatic heterocycles. The van der Waals surface area contributed by atoms with Crippen molar-refractivity contribution in [2.75, 3.05) is 5.32 Å². The molecule has 18 heavy (non-hydrogen) atoms. The lowest BCUT2D eigenvalue weighted by molar-refractivity contribution is 0.401. The summed E-state index contributed by atoms with van der Waals surface area (Å²) in [6.45, 7) is 0. The Balaban J connectivity index is 1.86. The van der Waals surface area contributed by atoms with E-state index in [0.29, 0.717) is 12.2 Å². The summed E-state index contributed by atoms with van der Waals surface area (Å²) < 4.78 is 5.84. The van der Waals surface area contributed by atoms with Gasteiger partial charge in [0.15, 0.2) is 5.75 Å². The van der Waals surface area contributed by atoms with Crippen LogP contribution in [0.3, 0.4) is 0 Å². The number of allylic oxidation sites excluding steroid dienone is 1. The second-order valence-electron chi connectivity index (χ2n) is 4.22. The quantitative estimate of drug-likeness (QED) is 0.845. The highest BCUT2D eigenvalue weighted by atomic mass is 16.5. The summed E-state index contributed by atoms with van der Waals surface area (Å²) in [7, 11) is 0. The molecule has 3 rings (SSSR count). The van der Waals surface area contributed by atoms with E-state index in [1.165, 1.54) is 5.56 Å². The number of para-hydroxylation sites is 2. The van der Waals surface area contributed by atoms with Crippen molar-refractivity contribution in [1.82, 2.24) is 0 Å². The van der Waals surface area contributed by atoms with Crippen molar-refractivity contribution in [2.45, 2.75) is 6.42 Å². The molecule has 0 saturated heterocycles. The Morgan fingerprint density at radius 2 is 1.67 bits per heavy atom. The largest absolute Gasteiger partial charge is 0.455 e. The Morgan fingerprint density at radius 3 is 2.50 bits per heavy atom. The fourth-order valence-electron chi connectivity index (χ4n) is 1.97. The summed E-state index contributed by atoms with van der Waals surface area (Å²) in [5.74, 6) is 2.16. The lowest BCUT2D eigenvalue weighted by Crippen LogP contribution is -2.21. The SMILES string of the molecule is NC1=C(Cc2ccccc2)Oc2ccccc2N1. The molecule has 0 saturated carbocycles. The molecule has 0 bridgehead atoms. The Labute approximate surface area is 106 Å². The smallest absolute Gasteiger partial charge is 0.150 e. The highest BCUT2D eigenvalue weighted by Gasteiger charge is 2.16. The number of rotatable bonds is 2. The number of anilines is 1. The fourth-order valence-corrected chi connectivity index (χ4v) is 1.97. The number of nitrogens with two attached hydrogens (primary N) is 1. The van der Waals surface area contributed by atoms with Crippen molar-refractivity contribution in [3.05, 3.63) is 71.7 Å². The number of nitrogens with one attached hydrogen (secondary N) is 1. The first kappa shape index (κ1) is 10.7. The molecule has 0 atom stereocenters. The summed E-state index contributed by atoms with van der Waals surface area (Å²) in [5, 5.41) is 3.16. The highest BCUT2D eigenvalue weighted by Crippen LogP contribution is 2.31. The van der Waals surface area contributed by atoms with Crippen molar-refractivity contribution < 1.29 is 4.74 Å². The number of benzene rings is 2. The third kappa shape index (κ3) is 2.02. The van der Waals surface area contributed by atoms with E-state index in [4.69, 9.17) is 10.5 Å². The standard InChI is InChI=1S/C15H14N2O/c16-15-14(10-11-6-2-1-3-7-11)18-13-9-5-4-8-12(13)17-15/h1-9,17H,10,16H2. The van der Waals surface area contributed by atoms with Crippen LogP contribution in [-0.4, -0.2) is 0 Å². The second kappa shape index (κ2) is 4.45. The van der Waals surface area contributed by atoms with Crippen LogP contribution in [-0.2, 0) is 6.42 Å². The van der Waals surface area contributed by atoms with Crippen molar-refractivity contribution in [1.29, 1.82) is 0 Å². The van der Waals surface area contributed by atoms with E-state index in [1.54, 1.807) is 0 Å². The monoisotopic (exact) mass is 238 g/mol. The minimum atomic E-state index is 0.581. The Bertz CT molecular complexity index is 590. The first-order valence-corrected chi connectivity index (χ1v) is 5.89. The normalized spacial score (nSPS) is 13.6. The van der Waals surface area contributed by atoms with Gasteiger partial charge in [0.25, 0.3) is 0 Å². The van der Waals surface area contributed by atoms with Crippen molar-refractivity contribution in [3.8, 4) is 5.75 Å². The number of hydrogen-bond acceptors (Lipinski definition) is 3.